The smallest absolute Gasteiger partial charge is 0.219 e. The highest BCUT2D eigenvalue weighted by atomic mass is 16.1. The zero-order valence-electron chi connectivity index (χ0n) is 10.3. The van der Waals surface area contributed by atoms with Crippen LogP contribution in [0.3, 0.4) is 0 Å². The van der Waals surface area contributed by atoms with Gasteiger partial charge < -0.3 is 5.32 Å². The van der Waals surface area contributed by atoms with Crippen molar-refractivity contribution < 1.29 is 4.79 Å². The molecule has 0 aromatic rings. The van der Waals surface area contributed by atoms with E-state index in [0.29, 0.717) is 23.8 Å². The fourth-order valence-electron chi connectivity index (χ4n) is 3.65. The Morgan fingerprint density at radius 2 is 2.07 bits per heavy atom. The third-order valence-electron chi connectivity index (χ3n) is 5.02. The molecule has 15 heavy (non-hydrogen) atoms. The molecule has 0 saturated heterocycles. The molecule has 4 atom stereocenters. The number of nitrogens with one attached hydrogen (secondary N) is 1. The molecule has 0 radical (unpaired) electrons. The van der Waals surface area contributed by atoms with Gasteiger partial charge in [-0.1, -0.05) is 27.7 Å². The lowest BCUT2D eigenvalue weighted by molar-refractivity contribution is -0.133. The Labute approximate surface area is 92.8 Å². The standard InChI is InChI=1S/C13H23NO/c1-5-12(15)14-11-7-9-6-10(8(11)2)13(9,3)4/h8-11H,5-7H2,1-4H3,(H,14,15)/t8-,9-,10+,11-/m1/s1. The molecule has 3 rings (SSSR count). The van der Waals surface area contributed by atoms with E-state index >= 15 is 0 Å². The lowest BCUT2D eigenvalue weighted by Gasteiger charge is -2.62. The molecule has 86 valence electrons. The first-order chi connectivity index (χ1) is 6.96. The van der Waals surface area contributed by atoms with Crippen molar-refractivity contribution in [1.82, 2.24) is 5.32 Å². The summed E-state index contributed by atoms with van der Waals surface area (Å²) in [6.07, 6.45) is 3.19. The molecule has 2 nitrogen and oxygen atoms in total. The predicted octanol–water partition coefficient (Wildman–Crippen LogP) is 2.58. The summed E-state index contributed by atoms with van der Waals surface area (Å²) >= 11 is 0. The number of carbonyl (C=O) groups excluding carboxylic acids is 1. The maximum Gasteiger partial charge on any atom is 0.219 e. The summed E-state index contributed by atoms with van der Waals surface area (Å²) in [6, 6.07) is 0.439. The van der Waals surface area contributed by atoms with Crippen molar-refractivity contribution in [2.75, 3.05) is 0 Å². The highest BCUT2D eigenvalue weighted by Crippen LogP contribution is 2.61. The molecule has 1 amide bonds. The van der Waals surface area contributed by atoms with Crippen LogP contribution in [0.15, 0.2) is 0 Å². The SMILES string of the molecule is CCC(=O)N[C@@H]1C[C@H]2C[C@@H]([C@H]1C)C2(C)C. The summed E-state index contributed by atoms with van der Waals surface area (Å²) in [5.74, 6) is 2.52. The van der Waals surface area contributed by atoms with Crippen molar-refractivity contribution in [3.8, 4) is 0 Å². The highest BCUT2D eigenvalue weighted by Gasteiger charge is 2.56. The van der Waals surface area contributed by atoms with Crippen LogP contribution in [0, 0.1) is 23.2 Å². The molecule has 0 aromatic carbocycles. The van der Waals surface area contributed by atoms with Crippen LogP contribution in [0.1, 0.15) is 47.0 Å². The van der Waals surface area contributed by atoms with Crippen molar-refractivity contribution in [2.24, 2.45) is 23.2 Å². The minimum absolute atomic E-state index is 0.214. The first kappa shape index (κ1) is 11.0. The highest BCUT2D eigenvalue weighted by molar-refractivity contribution is 5.75. The molecule has 0 aromatic heterocycles. The maximum absolute atomic E-state index is 11.4. The second kappa shape index (κ2) is 3.50. The minimum Gasteiger partial charge on any atom is -0.353 e. The van der Waals surface area contributed by atoms with Gasteiger partial charge in [0.2, 0.25) is 5.91 Å². The molecule has 3 aliphatic rings. The van der Waals surface area contributed by atoms with Crippen LogP contribution in [-0.2, 0) is 4.79 Å². The van der Waals surface area contributed by atoms with Crippen LogP contribution in [0.2, 0.25) is 0 Å². The van der Waals surface area contributed by atoms with Gasteiger partial charge in [-0.2, -0.15) is 0 Å². The number of hydrogen-bond acceptors (Lipinski definition) is 1. The van der Waals surface area contributed by atoms with Gasteiger partial charge in [0.05, 0.1) is 0 Å². The minimum atomic E-state index is 0.214. The number of hydrogen-bond donors (Lipinski definition) is 1. The molecule has 2 bridgehead atoms. The van der Waals surface area contributed by atoms with Crippen LogP contribution in [0.25, 0.3) is 0 Å². The van der Waals surface area contributed by atoms with Crippen molar-refractivity contribution >= 4 is 5.91 Å². The Kier molecular flexibility index (Phi) is 2.56. The average Bonchev–Trinajstić information content (AvgIpc) is 2.19. The Bertz CT molecular complexity index is 272. The molecule has 3 fully saturated rings. The van der Waals surface area contributed by atoms with E-state index in [-0.39, 0.29) is 5.91 Å². The Morgan fingerprint density at radius 1 is 1.40 bits per heavy atom. The van der Waals surface area contributed by atoms with Crippen LogP contribution < -0.4 is 5.32 Å². The van der Waals surface area contributed by atoms with Gasteiger partial charge >= 0.3 is 0 Å². The molecule has 0 aliphatic heterocycles. The number of carbonyl (C=O) groups is 1. The molecule has 2 heteroatoms. The van der Waals surface area contributed by atoms with Gasteiger partial charge in [-0.3, -0.25) is 4.79 Å². The normalized spacial score (nSPS) is 41.9. The molecule has 0 unspecified atom stereocenters. The van der Waals surface area contributed by atoms with E-state index in [0.717, 1.165) is 11.8 Å². The lowest BCUT2D eigenvalue weighted by atomic mass is 9.45. The van der Waals surface area contributed by atoms with Crippen molar-refractivity contribution in [3.63, 3.8) is 0 Å². The topological polar surface area (TPSA) is 29.1 Å². The molecular weight excluding hydrogens is 186 g/mol. The molecule has 1 N–H and O–H groups in total. The van der Waals surface area contributed by atoms with Gasteiger partial charge in [0.25, 0.3) is 0 Å². The molecule has 3 aliphatic carbocycles. The fraction of sp³-hybridized carbons (Fsp3) is 0.923. The van der Waals surface area contributed by atoms with Gasteiger partial charge in [-0.05, 0) is 36.0 Å². The van der Waals surface area contributed by atoms with Crippen LogP contribution >= 0.6 is 0 Å². The zero-order valence-corrected chi connectivity index (χ0v) is 10.3. The Balaban J connectivity index is 1.99. The quantitative estimate of drug-likeness (QED) is 0.744. The predicted molar refractivity (Wildman–Crippen MR) is 61.4 cm³/mol. The van der Waals surface area contributed by atoms with Crippen LogP contribution in [-0.4, -0.2) is 11.9 Å². The van der Waals surface area contributed by atoms with Gasteiger partial charge in [0, 0.05) is 12.5 Å². The van der Waals surface area contributed by atoms with Gasteiger partial charge in [-0.15, -0.1) is 0 Å². The number of rotatable bonds is 2. The summed E-state index contributed by atoms with van der Waals surface area (Å²) in [5.41, 5.74) is 0.521. The van der Waals surface area contributed by atoms with E-state index in [9.17, 15) is 4.79 Å². The largest absolute Gasteiger partial charge is 0.353 e. The van der Waals surface area contributed by atoms with E-state index in [1.54, 1.807) is 0 Å². The van der Waals surface area contributed by atoms with E-state index < -0.39 is 0 Å². The zero-order chi connectivity index (χ0) is 11.2. The fourth-order valence-corrected chi connectivity index (χ4v) is 3.65. The summed E-state index contributed by atoms with van der Waals surface area (Å²) in [6.45, 7) is 9.01. The number of fused-ring (bicyclic) bond motifs is 2. The second-order valence-corrected chi connectivity index (χ2v) is 5.98. The second-order valence-electron chi connectivity index (χ2n) is 5.98. The van der Waals surface area contributed by atoms with E-state index in [4.69, 9.17) is 0 Å². The first-order valence-electron chi connectivity index (χ1n) is 6.26. The van der Waals surface area contributed by atoms with E-state index in [1.165, 1.54) is 12.8 Å². The maximum atomic E-state index is 11.4. The molecule has 0 spiro atoms. The molecular formula is C13H23NO. The Hall–Kier alpha value is -0.530. The first-order valence-corrected chi connectivity index (χ1v) is 6.26. The van der Waals surface area contributed by atoms with Gasteiger partial charge in [-0.25, -0.2) is 0 Å². The van der Waals surface area contributed by atoms with Crippen LogP contribution in [0.5, 0.6) is 0 Å². The van der Waals surface area contributed by atoms with Crippen LogP contribution in [0.4, 0.5) is 0 Å². The Morgan fingerprint density at radius 3 is 2.53 bits per heavy atom. The van der Waals surface area contributed by atoms with Crippen molar-refractivity contribution in [3.05, 3.63) is 0 Å². The summed E-state index contributed by atoms with van der Waals surface area (Å²) in [5, 5.41) is 3.18. The third-order valence-corrected chi connectivity index (χ3v) is 5.02. The summed E-state index contributed by atoms with van der Waals surface area (Å²) in [7, 11) is 0. The summed E-state index contributed by atoms with van der Waals surface area (Å²) < 4.78 is 0. The number of amides is 1. The molecule has 3 saturated carbocycles. The lowest BCUT2D eigenvalue weighted by Crippen LogP contribution is -2.60. The third kappa shape index (κ3) is 1.58. The van der Waals surface area contributed by atoms with Crippen molar-refractivity contribution in [2.45, 2.75) is 53.0 Å². The van der Waals surface area contributed by atoms with Gasteiger partial charge in [0.1, 0.15) is 0 Å². The molecule has 0 heterocycles. The van der Waals surface area contributed by atoms with Crippen molar-refractivity contribution in [1.29, 1.82) is 0 Å². The van der Waals surface area contributed by atoms with E-state index in [1.807, 2.05) is 6.92 Å². The average molecular weight is 209 g/mol. The monoisotopic (exact) mass is 209 g/mol. The summed E-state index contributed by atoms with van der Waals surface area (Å²) in [4.78, 5) is 11.4. The van der Waals surface area contributed by atoms with Gasteiger partial charge in [0.15, 0.2) is 0 Å². The van der Waals surface area contributed by atoms with E-state index in [2.05, 4.69) is 26.1 Å².